The van der Waals surface area contributed by atoms with Crippen molar-refractivity contribution in [2.24, 2.45) is 0 Å². The number of rotatable bonds is 5. The van der Waals surface area contributed by atoms with Crippen LogP contribution in [0.5, 0.6) is 0 Å². The molecule has 1 aromatic rings. The van der Waals surface area contributed by atoms with E-state index in [1.165, 1.54) is 0 Å². The Kier molecular flexibility index (Phi) is 6.19. The smallest absolute Gasteiger partial charge is 0.242 e. The zero-order valence-corrected chi connectivity index (χ0v) is 16.2. The summed E-state index contributed by atoms with van der Waals surface area (Å²) in [6.07, 6.45) is 4.80. The quantitative estimate of drug-likeness (QED) is 0.723. The fourth-order valence-corrected chi connectivity index (χ4v) is 4.27. The molecule has 3 saturated heterocycles. The lowest BCUT2D eigenvalue weighted by Gasteiger charge is -2.43. The van der Waals surface area contributed by atoms with Gasteiger partial charge in [0.15, 0.2) is 0 Å². The van der Waals surface area contributed by atoms with Gasteiger partial charge in [-0.25, -0.2) is 0 Å². The van der Waals surface area contributed by atoms with E-state index in [0.29, 0.717) is 26.1 Å². The molecule has 0 saturated carbocycles. The van der Waals surface area contributed by atoms with Crippen molar-refractivity contribution in [2.45, 2.75) is 25.0 Å². The van der Waals surface area contributed by atoms with Crippen molar-refractivity contribution < 1.29 is 19.1 Å². The summed E-state index contributed by atoms with van der Waals surface area (Å²) < 4.78 is 11.6. The predicted octanol–water partition coefficient (Wildman–Crippen LogP) is 0.305. The molecule has 0 N–H and O–H groups in total. The molecule has 8 heteroatoms. The molecule has 4 heterocycles. The Balaban J connectivity index is 1.53. The summed E-state index contributed by atoms with van der Waals surface area (Å²) in [7, 11) is 0. The molecule has 3 aliphatic heterocycles. The van der Waals surface area contributed by atoms with Crippen molar-refractivity contribution in [1.29, 1.82) is 0 Å². The zero-order chi connectivity index (χ0) is 19.3. The Morgan fingerprint density at radius 2 is 2.04 bits per heavy atom. The Hall–Kier alpha value is -2.03. The molecule has 4 rings (SSSR count). The van der Waals surface area contributed by atoms with Crippen molar-refractivity contribution in [3.63, 3.8) is 0 Å². The highest BCUT2D eigenvalue weighted by Gasteiger charge is 2.38. The maximum absolute atomic E-state index is 13.1. The van der Waals surface area contributed by atoms with Crippen LogP contribution in [0.15, 0.2) is 24.5 Å². The molecule has 1 aromatic heterocycles. The third kappa shape index (κ3) is 4.34. The molecule has 0 radical (unpaired) electrons. The molecule has 152 valence electrons. The molecule has 28 heavy (non-hydrogen) atoms. The molecule has 3 aliphatic rings. The van der Waals surface area contributed by atoms with Gasteiger partial charge >= 0.3 is 0 Å². The Morgan fingerprint density at radius 1 is 1.18 bits per heavy atom. The maximum atomic E-state index is 13.1. The van der Waals surface area contributed by atoms with Crippen LogP contribution in [0.2, 0.25) is 0 Å². The zero-order valence-electron chi connectivity index (χ0n) is 16.2. The number of aromatic nitrogens is 1. The van der Waals surface area contributed by atoms with Gasteiger partial charge in [0.25, 0.3) is 0 Å². The second kappa shape index (κ2) is 8.98. The van der Waals surface area contributed by atoms with Crippen LogP contribution >= 0.6 is 0 Å². The third-order valence-electron chi connectivity index (χ3n) is 5.74. The fraction of sp³-hybridized carbons (Fsp3) is 0.650. The van der Waals surface area contributed by atoms with Crippen LogP contribution in [-0.4, -0.2) is 96.7 Å². The van der Waals surface area contributed by atoms with Gasteiger partial charge in [-0.05, 0) is 18.1 Å². The van der Waals surface area contributed by atoms with Crippen molar-refractivity contribution in [1.82, 2.24) is 19.7 Å². The highest BCUT2D eigenvalue weighted by atomic mass is 16.5. The third-order valence-corrected chi connectivity index (χ3v) is 5.74. The minimum absolute atomic E-state index is 0.0145. The number of morpholine rings is 2. The van der Waals surface area contributed by atoms with Gasteiger partial charge in [-0.1, -0.05) is 6.07 Å². The molecule has 0 unspecified atom stereocenters. The highest BCUT2D eigenvalue weighted by molar-refractivity contribution is 5.86. The number of carbonyl (C=O) groups excluding carboxylic acids is 2. The first-order chi connectivity index (χ1) is 13.7. The standard InChI is InChI=1S/C20H28N4O4/c25-18-4-2-6-23(18)15-19(26)24-9-12-28-17(14-22-7-10-27-11-8-22)20(24)16-3-1-5-21-13-16/h1,3,5,13,17,20H,2,4,6-12,14-15H2/t17-,20-/m0/s1. The first-order valence-corrected chi connectivity index (χ1v) is 10.1. The number of hydrogen-bond donors (Lipinski definition) is 0. The summed E-state index contributed by atoms with van der Waals surface area (Å²) in [6.45, 7) is 5.80. The Bertz CT molecular complexity index is 680. The van der Waals surface area contributed by atoms with Gasteiger partial charge in [0.05, 0.1) is 38.5 Å². The summed E-state index contributed by atoms with van der Waals surface area (Å²) in [5.74, 6) is 0.0591. The summed E-state index contributed by atoms with van der Waals surface area (Å²) in [5, 5.41) is 0. The normalized spacial score (nSPS) is 26.6. The van der Waals surface area contributed by atoms with Crippen LogP contribution in [0, 0.1) is 0 Å². The van der Waals surface area contributed by atoms with E-state index in [1.807, 2.05) is 23.2 Å². The van der Waals surface area contributed by atoms with Crippen molar-refractivity contribution >= 4 is 11.8 Å². The predicted molar refractivity (Wildman–Crippen MR) is 102 cm³/mol. The first-order valence-electron chi connectivity index (χ1n) is 10.1. The number of nitrogens with zero attached hydrogens (tertiary/aromatic N) is 4. The van der Waals surface area contributed by atoms with Gasteiger partial charge in [0, 0.05) is 51.5 Å². The van der Waals surface area contributed by atoms with Crippen LogP contribution in [0.25, 0.3) is 0 Å². The van der Waals surface area contributed by atoms with E-state index in [9.17, 15) is 9.59 Å². The molecule has 2 atom stereocenters. The minimum Gasteiger partial charge on any atom is -0.379 e. The fourth-order valence-electron chi connectivity index (χ4n) is 4.27. The summed E-state index contributed by atoms with van der Waals surface area (Å²) in [6, 6.07) is 3.69. The van der Waals surface area contributed by atoms with Gasteiger partial charge in [-0.15, -0.1) is 0 Å². The molecule has 0 spiro atoms. The molecule has 8 nitrogen and oxygen atoms in total. The topological polar surface area (TPSA) is 75.2 Å². The minimum atomic E-state index is -0.199. The van der Waals surface area contributed by atoms with E-state index in [-0.39, 0.29) is 30.5 Å². The molecule has 0 aromatic carbocycles. The molecule has 0 aliphatic carbocycles. The van der Waals surface area contributed by atoms with Crippen LogP contribution in [-0.2, 0) is 19.1 Å². The monoisotopic (exact) mass is 388 g/mol. The molecular weight excluding hydrogens is 360 g/mol. The van der Waals surface area contributed by atoms with Gasteiger partial charge < -0.3 is 19.3 Å². The van der Waals surface area contributed by atoms with Crippen LogP contribution in [0.3, 0.4) is 0 Å². The summed E-state index contributed by atoms with van der Waals surface area (Å²) >= 11 is 0. The van der Waals surface area contributed by atoms with Crippen LogP contribution in [0.4, 0.5) is 0 Å². The van der Waals surface area contributed by atoms with Crippen LogP contribution < -0.4 is 0 Å². The number of amides is 2. The van der Waals surface area contributed by atoms with Gasteiger partial charge in [0.2, 0.25) is 11.8 Å². The number of carbonyl (C=O) groups is 2. The molecular formula is C20H28N4O4. The van der Waals surface area contributed by atoms with E-state index in [2.05, 4.69) is 9.88 Å². The number of likely N-dealkylation sites (tertiary alicyclic amines) is 1. The summed E-state index contributed by atoms with van der Waals surface area (Å²) in [4.78, 5) is 35.3. The number of ether oxygens (including phenoxy) is 2. The number of hydrogen-bond acceptors (Lipinski definition) is 6. The van der Waals surface area contributed by atoms with E-state index in [4.69, 9.17) is 9.47 Å². The molecule has 3 fully saturated rings. The van der Waals surface area contributed by atoms with Crippen molar-refractivity contribution in [3.8, 4) is 0 Å². The lowest BCUT2D eigenvalue weighted by molar-refractivity contribution is -0.152. The average molecular weight is 388 g/mol. The largest absolute Gasteiger partial charge is 0.379 e. The second-order valence-corrected chi connectivity index (χ2v) is 7.56. The van der Waals surface area contributed by atoms with E-state index in [0.717, 1.165) is 44.8 Å². The lowest BCUT2D eigenvalue weighted by Crippen LogP contribution is -2.54. The van der Waals surface area contributed by atoms with E-state index < -0.39 is 0 Å². The SMILES string of the molecule is O=C1CCCN1CC(=O)N1CCO[C@@H](CN2CCOCC2)[C@@H]1c1cccnc1. The number of pyridine rings is 1. The Labute approximate surface area is 165 Å². The van der Waals surface area contributed by atoms with Gasteiger partial charge in [-0.3, -0.25) is 19.5 Å². The average Bonchev–Trinajstić information content (AvgIpc) is 3.13. The second-order valence-electron chi connectivity index (χ2n) is 7.56. The Morgan fingerprint density at radius 3 is 2.75 bits per heavy atom. The lowest BCUT2D eigenvalue weighted by atomic mass is 9.98. The van der Waals surface area contributed by atoms with Crippen molar-refractivity contribution in [2.75, 3.05) is 59.1 Å². The van der Waals surface area contributed by atoms with Crippen molar-refractivity contribution in [3.05, 3.63) is 30.1 Å². The molecule has 0 bridgehead atoms. The van der Waals surface area contributed by atoms with E-state index >= 15 is 0 Å². The summed E-state index contributed by atoms with van der Waals surface area (Å²) in [5.41, 5.74) is 0.974. The van der Waals surface area contributed by atoms with Gasteiger partial charge in [0.1, 0.15) is 0 Å². The van der Waals surface area contributed by atoms with Crippen LogP contribution in [0.1, 0.15) is 24.4 Å². The maximum Gasteiger partial charge on any atom is 0.242 e. The molecule has 2 amide bonds. The first kappa shape index (κ1) is 19.3. The highest BCUT2D eigenvalue weighted by Crippen LogP contribution is 2.30. The van der Waals surface area contributed by atoms with E-state index in [1.54, 1.807) is 11.1 Å². The van der Waals surface area contributed by atoms with Gasteiger partial charge in [-0.2, -0.15) is 0 Å².